The number of rotatable bonds is 6. The molecule has 3 aromatic rings. The van der Waals surface area contributed by atoms with Crippen molar-refractivity contribution in [2.45, 2.75) is 12.2 Å². The Bertz CT molecular complexity index is 975. The van der Waals surface area contributed by atoms with Crippen LogP contribution in [0.15, 0.2) is 60.0 Å². The van der Waals surface area contributed by atoms with Gasteiger partial charge in [-0.2, -0.15) is 13.2 Å². The number of hydrogen-bond acceptors (Lipinski definition) is 3. The molecule has 0 saturated carbocycles. The molecular formula is C20H15ClF4N2OS. The lowest BCUT2D eigenvalue weighted by molar-refractivity contribution is -0.137. The van der Waals surface area contributed by atoms with Gasteiger partial charge in [0.05, 0.1) is 28.9 Å². The number of hydrogen-bond donors (Lipinski definition) is 2. The first kappa shape index (κ1) is 21.3. The van der Waals surface area contributed by atoms with Crippen LogP contribution in [0.3, 0.4) is 0 Å². The Morgan fingerprint density at radius 2 is 1.83 bits per heavy atom. The average Bonchev–Trinajstić information content (AvgIpc) is 3.18. The molecule has 1 heterocycles. The van der Waals surface area contributed by atoms with E-state index in [1.54, 1.807) is 12.1 Å². The minimum atomic E-state index is -4.55. The molecule has 0 saturated heterocycles. The van der Waals surface area contributed by atoms with Crippen LogP contribution in [0.25, 0.3) is 0 Å². The summed E-state index contributed by atoms with van der Waals surface area (Å²) < 4.78 is 51.8. The van der Waals surface area contributed by atoms with Gasteiger partial charge in [0.25, 0.3) is 0 Å². The zero-order chi connectivity index (χ0) is 21.0. The van der Waals surface area contributed by atoms with E-state index in [4.69, 9.17) is 11.6 Å². The second-order valence-corrected chi connectivity index (χ2v) is 7.51. The van der Waals surface area contributed by atoms with Gasteiger partial charge in [-0.15, -0.1) is 11.3 Å². The highest BCUT2D eigenvalue weighted by atomic mass is 35.5. The molecule has 0 aliphatic carbocycles. The lowest BCUT2D eigenvalue weighted by atomic mass is 10.1. The van der Waals surface area contributed by atoms with E-state index in [1.165, 1.54) is 23.5 Å². The summed E-state index contributed by atoms with van der Waals surface area (Å²) in [5.41, 5.74) is -0.283. The Balaban J connectivity index is 1.72. The molecule has 0 fully saturated rings. The maximum absolute atomic E-state index is 13.2. The number of anilines is 1. The number of nitrogens with one attached hydrogen (secondary N) is 2. The molecule has 2 N–H and O–H groups in total. The van der Waals surface area contributed by atoms with E-state index in [1.807, 2.05) is 17.5 Å². The first-order chi connectivity index (χ1) is 13.7. The molecular weight excluding hydrogens is 428 g/mol. The number of carbonyl (C=O) groups is 1. The second kappa shape index (κ2) is 8.94. The van der Waals surface area contributed by atoms with Gasteiger partial charge in [0.1, 0.15) is 5.82 Å². The van der Waals surface area contributed by atoms with E-state index in [2.05, 4.69) is 10.6 Å². The molecule has 152 valence electrons. The predicted octanol–water partition coefficient (Wildman–Crippen LogP) is 5.88. The monoisotopic (exact) mass is 442 g/mol. The van der Waals surface area contributed by atoms with Crippen LogP contribution in [0.5, 0.6) is 0 Å². The Morgan fingerprint density at radius 3 is 2.45 bits per heavy atom. The Hall–Kier alpha value is -2.42. The van der Waals surface area contributed by atoms with Gasteiger partial charge in [-0.3, -0.25) is 10.1 Å². The summed E-state index contributed by atoms with van der Waals surface area (Å²) in [7, 11) is 0. The SMILES string of the molecule is O=C(CNC(c1ccc(F)cc1)c1cccs1)Nc1cc(C(F)(F)F)ccc1Cl. The summed E-state index contributed by atoms with van der Waals surface area (Å²) in [4.78, 5) is 13.2. The topological polar surface area (TPSA) is 41.1 Å². The highest BCUT2D eigenvalue weighted by Crippen LogP contribution is 2.34. The summed E-state index contributed by atoms with van der Waals surface area (Å²) in [6, 6.07) is 11.9. The van der Waals surface area contributed by atoms with Gasteiger partial charge >= 0.3 is 6.18 Å². The van der Waals surface area contributed by atoms with Crippen molar-refractivity contribution in [2.24, 2.45) is 0 Å². The van der Waals surface area contributed by atoms with Gasteiger partial charge in [-0.1, -0.05) is 29.8 Å². The minimum absolute atomic E-state index is 0.000286. The van der Waals surface area contributed by atoms with Gasteiger partial charge in [-0.25, -0.2) is 4.39 Å². The summed E-state index contributed by atoms with van der Waals surface area (Å²) in [5, 5.41) is 7.32. The van der Waals surface area contributed by atoms with Gasteiger partial charge in [0, 0.05) is 4.88 Å². The number of carbonyl (C=O) groups excluding carboxylic acids is 1. The van der Waals surface area contributed by atoms with Crippen molar-refractivity contribution in [1.29, 1.82) is 0 Å². The third-order valence-electron chi connectivity index (χ3n) is 4.07. The fraction of sp³-hybridized carbons (Fsp3) is 0.150. The van der Waals surface area contributed by atoms with E-state index in [0.29, 0.717) is 0 Å². The first-order valence-electron chi connectivity index (χ1n) is 8.43. The van der Waals surface area contributed by atoms with Gasteiger partial charge in [-0.05, 0) is 47.3 Å². The van der Waals surface area contributed by atoms with Gasteiger partial charge < -0.3 is 5.32 Å². The molecule has 3 rings (SSSR count). The van der Waals surface area contributed by atoms with E-state index in [-0.39, 0.29) is 29.1 Å². The van der Waals surface area contributed by atoms with Crippen LogP contribution in [0, 0.1) is 5.82 Å². The molecule has 9 heteroatoms. The van der Waals surface area contributed by atoms with E-state index in [9.17, 15) is 22.4 Å². The number of benzene rings is 2. The normalized spacial score (nSPS) is 12.6. The Labute approximate surface area is 173 Å². The van der Waals surface area contributed by atoms with Crippen LogP contribution >= 0.6 is 22.9 Å². The second-order valence-electron chi connectivity index (χ2n) is 6.12. The van der Waals surface area contributed by atoms with Crippen molar-refractivity contribution in [2.75, 3.05) is 11.9 Å². The molecule has 0 aliphatic rings. The molecule has 0 aliphatic heterocycles. The fourth-order valence-corrected chi connectivity index (χ4v) is 3.67. The molecule has 1 unspecified atom stereocenters. The zero-order valence-corrected chi connectivity index (χ0v) is 16.3. The first-order valence-corrected chi connectivity index (χ1v) is 9.68. The molecule has 1 atom stereocenters. The third kappa shape index (κ3) is 5.56. The predicted molar refractivity (Wildman–Crippen MR) is 106 cm³/mol. The van der Waals surface area contributed by atoms with E-state index >= 15 is 0 Å². The van der Waals surface area contributed by atoms with Gasteiger partial charge in [0.2, 0.25) is 5.91 Å². The van der Waals surface area contributed by atoms with Crippen LogP contribution in [0.1, 0.15) is 22.0 Å². The number of halogens is 5. The van der Waals surface area contributed by atoms with Crippen molar-refractivity contribution >= 4 is 34.5 Å². The highest BCUT2D eigenvalue weighted by Gasteiger charge is 2.31. The number of alkyl halides is 3. The maximum Gasteiger partial charge on any atom is 0.416 e. The fourth-order valence-electron chi connectivity index (χ4n) is 2.68. The van der Waals surface area contributed by atoms with Crippen molar-refractivity contribution in [3.63, 3.8) is 0 Å². The van der Waals surface area contributed by atoms with E-state index < -0.39 is 17.6 Å². The van der Waals surface area contributed by atoms with Crippen LogP contribution in [-0.4, -0.2) is 12.5 Å². The standard InChI is InChI=1S/C20H15ClF4N2OS/c21-15-8-5-13(20(23,24)25)10-16(15)27-18(28)11-26-19(17-2-1-9-29-17)12-3-6-14(22)7-4-12/h1-10,19,26H,11H2,(H,27,28). The van der Waals surface area contributed by atoms with Crippen molar-refractivity contribution in [3.05, 3.63) is 86.8 Å². The third-order valence-corrected chi connectivity index (χ3v) is 5.33. The molecule has 0 bridgehead atoms. The van der Waals surface area contributed by atoms with Crippen LogP contribution in [-0.2, 0) is 11.0 Å². The summed E-state index contributed by atoms with van der Waals surface area (Å²) >= 11 is 7.37. The van der Waals surface area contributed by atoms with Gasteiger partial charge in [0.15, 0.2) is 0 Å². The molecule has 1 amide bonds. The molecule has 1 aromatic heterocycles. The van der Waals surface area contributed by atoms with Crippen molar-refractivity contribution < 1.29 is 22.4 Å². The van der Waals surface area contributed by atoms with Crippen molar-refractivity contribution in [1.82, 2.24) is 5.32 Å². The lowest BCUT2D eigenvalue weighted by Crippen LogP contribution is -2.31. The minimum Gasteiger partial charge on any atom is -0.324 e. The number of amides is 1. The molecule has 29 heavy (non-hydrogen) atoms. The average molecular weight is 443 g/mol. The van der Waals surface area contributed by atoms with E-state index in [0.717, 1.165) is 28.6 Å². The maximum atomic E-state index is 13.2. The van der Waals surface area contributed by atoms with Crippen LogP contribution in [0.4, 0.5) is 23.2 Å². The zero-order valence-electron chi connectivity index (χ0n) is 14.8. The largest absolute Gasteiger partial charge is 0.416 e. The Morgan fingerprint density at radius 1 is 1.10 bits per heavy atom. The number of thiophene rings is 1. The summed E-state index contributed by atoms with van der Waals surface area (Å²) in [5.74, 6) is -0.939. The van der Waals surface area contributed by atoms with Crippen LogP contribution in [0.2, 0.25) is 5.02 Å². The smallest absolute Gasteiger partial charge is 0.324 e. The van der Waals surface area contributed by atoms with Crippen molar-refractivity contribution in [3.8, 4) is 0 Å². The Kier molecular flexibility index (Phi) is 6.56. The molecule has 3 nitrogen and oxygen atoms in total. The van der Waals surface area contributed by atoms with Crippen LogP contribution < -0.4 is 10.6 Å². The summed E-state index contributed by atoms with van der Waals surface area (Å²) in [6.45, 7) is -0.188. The molecule has 2 aromatic carbocycles. The molecule has 0 spiro atoms. The highest BCUT2D eigenvalue weighted by molar-refractivity contribution is 7.10. The lowest BCUT2D eigenvalue weighted by Gasteiger charge is -2.18. The molecule has 0 radical (unpaired) electrons. The summed E-state index contributed by atoms with van der Waals surface area (Å²) in [6.07, 6.45) is -4.55. The quantitative estimate of drug-likeness (QED) is 0.468.